The number of esters is 1. The molecule has 116 valence electrons. The summed E-state index contributed by atoms with van der Waals surface area (Å²) in [5.74, 6) is -0.226. The summed E-state index contributed by atoms with van der Waals surface area (Å²) < 4.78 is 7.65. The van der Waals surface area contributed by atoms with Crippen LogP contribution in [0.3, 0.4) is 0 Å². The third kappa shape index (κ3) is 3.48. The lowest BCUT2D eigenvalue weighted by Gasteiger charge is -2.31. The van der Waals surface area contributed by atoms with Gasteiger partial charge < -0.3 is 14.2 Å². The molecular weight excluding hydrogens is 336 g/mol. The molecule has 0 aliphatic carbocycles. The number of hydrogen-bond acceptors (Lipinski definition) is 3. The minimum Gasteiger partial charge on any atom is -0.469 e. The maximum absolute atomic E-state index is 12.7. The Hall–Kier alpha value is -1.30. The van der Waals surface area contributed by atoms with Crippen LogP contribution in [0, 0.1) is 5.92 Å². The van der Waals surface area contributed by atoms with Crippen LogP contribution in [0.25, 0.3) is 0 Å². The maximum Gasteiger partial charge on any atom is 0.308 e. The summed E-state index contributed by atoms with van der Waals surface area (Å²) in [4.78, 5) is 26.0. The Kier molecular flexibility index (Phi) is 5.08. The number of piperidine rings is 1. The van der Waals surface area contributed by atoms with Gasteiger partial charge in [0.2, 0.25) is 0 Å². The van der Waals surface area contributed by atoms with Gasteiger partial charge in [-0.2, -0.15) is 0 Å². The van der Waals surface area contributed by atoms with Gasteiger partial charge in [0.1, 0.15) is 5.69 Å². The lowest BCUT2D eigenvalue weighted by Crippen LogP contribution is -2.41. The number of likely N-dealkylation sites (tertiary alicyclic amines) is 1. The highest BCUT2D eigenvalue weighted by atomic mass is 79.9. The fourth-order valence-electron chi connectivity index (χ4n) is 2.69. The van der Waals surface area contributed by atoms with Crippen molar-refractivity contribution in [3.8, 4) is 0 Å². The first-order chi connectivity index (χ1) is 9.93. The lowest BCUT2D eigenvalue weighted by molar-refractivity contribution is -0.146. The second-order valence-electron chi connectivity index (χ2n) is 5.63. The van der Waals surface area contributed by atoms with Crippen LogP contribution < -0.4 is 0 Å². The van der Waals surface area contributed by atoms with Crippen molar-refractivity contribution in [1.82, 2.24) is 9.47 Å². The minimum absolute atomic E-state index is 0.0257. The van der Waals surface area contributed by atoms with E-state index < -0.39 is 0 Å². The third-order valence-corrected chi connectivity index (χ3v) is 4.34. The number of aromatic nitrogens is 1. The monoisotopic (exact) mass is 356 g/mol. The average molecular weight is 357 g/mol. The summed E-state index contributed by atoms with van der Waals surface area (Å²) in [5, 5.41) is 0. The van der Waals surface area contributed by atoms with E-state index in [0.717, 1.165) is 4.47 Å². The van der Waals surface area contributed by atoms with E-state index in [2.05, 4.69) is 15.9 Å². The average Bonchev–Trinajstić information content (AvgIpc) is 2.88. The van der Waals surface area contributed by atoms with E-state index in [1.807, 2.05) is 35.6 Å². The van der Waals surface area contributed by atoms with Crippen molar-refractivity contribution in [3.63, 3.8) is 0 Å². The molecule has 2 rings (SSSR count). The van der Waals surface area contributed by atoms with Crippen LogP contribution in [0.5, 0.6) is 0 Å². The summed E-state index contributed by atoms with van der Waals surface area (Å²) in [6.07, 6.45) is 3.27. The molecule has 1 aliphatic rings. The molecule has 1 amide bonds. The van der Waals surface area contributed by atoms with Crippen LogP contribution in [0.15, 0.2) is 16.7 Å². The number of methoxy groups -OCH3 is 1. The van der Waals surface area contributed by atoms with Crippen molar-refractivity contribution in [3.05, 3.63) is 22.4 Å². The fourth-order valence-corrected chi connectivity index (χ4v) is 3.13. The van der Waals surface area contributed by atoms with Gasteiger partial charge in [-0.25, -0.2) is 0 Å². The maximum atomic E-state index is 12.7. The minimum atomic E-state index is -0.171. The number of hydrogen-bond donors (Lipinski definition) is 0. The Morgan fingerprint density at radius 1 is 1.33 bits per heavy atom. The van der Waals surface area contributed by atoms with Crippen LogP contribution in [0.2, 0.25) is 0 Å². The molecule has 0 N–H and O–H groups in total. The highest BCUT2D eigenvalue weighted by molar-refractivity contribution is 9.10. The van der Waals surface area contributed by atoms with Crippen molar-refractivity contribution in [2.45, 2.75) is 32.7 Å². The van der Waals surface area contributed by atoms with Gasteiger partial charge >= 0.3 is 5.97 Å². The Labute approximate surface area is 133 Å². The molecule has 0 bridgehead atoms. The number of ether oxygens (including phenoxy) is 1. The van der Waals surface area contributed by atoms with Crippen LogP contribution >= 0.6 is 15.9 Å². The summed E-state index contributed by atoms with van der Waals surface area (Å²) in [6, 6.07) is 2.08. The van der Waals surface area contributed by atoms with E-state index in [1.165, 1.54) is 7.11 Å². The van der Waals surface area contributed by atoms with Gasteiger partial charge in [-0.15, -0.1) is 0 Å². The molecule has 1 aromatic heterocycles. The van der Waals surface area contributed by atoms with Crippen LogP contribution in [0.4, 0.5) is 0 Å². The topological polar surface area (TPSA) is 51.5 Å². The Morgan fingerprint density at radius 3 is 2.48 bits per heavy atom. The first kappa shape index (κ1) is 16.1. The molecule has 5 nitrogen and oxygen atoms in total. The standard InChI is InChI=1S/C15H21BrN2O3/c1-10(2)18-9-12(16)8-13(18)14(19)17-6-4-11(5-7-17)15(20)21-3/h8-11H,4-7H2,1-3H3. The van der Waals surface area contributed by atoms with E-state index in [0.29, 0.717) is 31.6 Å². The Balaban J connectivity index is 2.07. The second-order valence-corrected chi connectivity index (χ2v) is 6.55. The zero-order valence-electron chi connectivity index (χ0n) is 12.6. The first-order valence-corrected chi connectivity index (χ1v) is 7.97. The van der Waals surface area contributed by atoms with Gasteiger partial charge in [0.25, 0.3) is 5.91 Å². The summed E-state index contributed by atoms with van der Waals surface area (Å²) in [5.41, 5.74) is 0.688. The zero-order chi connectivity index (χ0) is 15.6. The zero-order valence-corrected chi connectivity index (χ0v) is 14.2. The molecule has 1 fully saturated rings. The smallest absolute Gasteiger partial charge is 0.308 e. The van der Waals surface area contributed by atoms with Crippen LogP contribution in [0.1, 0.15) is 43.2 Å². The molecule has 0 saturated carbocycles. The number of amides is 1. The molecular formula is C15H21BrN2O3. The largest absolute Gasteiger partial charge is 0.469 e. The summed E-state index contributed by atoms with van der Waals surface area (Å²) >= 11 is 3.43. The molecule has 1 aromatic rings. The van der Waals surface area contributed by atoms with Crippen molar-refractivity contribution >= 4 is 27.8 Å². The van der Waals surface area contributed by atoms with E-state index in [4.69, 9.17) is 4.74 Å². The van der Waals surface area contributed by atoms with Gasteiger partial charge in [0.15, 0.2) is 0 Å². The highest BCUT2D eigenvalue weighted by Crippen LogP contribution is 2.24. The Morgan fingerprint density at radius 2 is 1.95 bits per heavy atom. The summed E-state index contributed by atoms with van der Waals surface area (Å²) in [6.45, 7) is 5.29. The number of carbonyl (C=O) groups excluding carboxylic acids is 2. The molecule has 0 spiro atoms. The quantitative estimate of drug-likeness (QED) is 0.782. The molecule has 21 heavy (non-hydrogen) atoms. The SMILES string of the molecule is COC(=O)C1CCN(C(=O)c2cc(Br)cn2C(C)C)CC1. The van der Waals surface area contributed by atoms with Crippen molar-refractivity contribution in [1.29, 1.82) is 0 Å². The molecule has 0 unspecified atom stereocenters. The van der Waals surface area contributed by atoms with E-state index in [9.17, 15) is 9.59 Å². The van der Waals surface area contributed by atoms with Crippen molar-refractivity contribution in [2.75, 3.05) is 20.2 Å². The molecule has 2 heterocycles. The summed E-state index contributed by atoms with van der Waals surface area (Å²) in [7, 11) is 1.41. The fraction of sp³-hybridized carbons (Fsp3) is 0.600. The molecule has 0 aromatic carbocycles. The van der Waals surface area contributed by atoms with Crippen molar-refractivity contribution in [2.24, 2.45) is 5.92 Å². The second kappa shape index (κ2) is 6.64. The van der Waals surface area contributed by atoms with Crippen LogP contribution in [-0.2, 0) is 9.53 Å². The van der Waals surface area contributed by atoms with Gasteiger partial charge in [-0.3, -0.25) is 9.59 Å². The van der Waals surface area contributed by atoms with Crippen LogP contribution in [-0.4, -0.2) is 41.5 Å². The predicted octanol–water partition coefficient (Wildman–Crippen LogP) is 2.86. The number of halogens is 1. The van der Waals surface area contributed by atoms with Crippen molar-refractivity contribution < 1.29 is 14.3 Å². The lowest BCUT2D eigenvalue weighted by atomic mass is 9.97. The third-order valence-electron chi connectivity index (χ3n) is 3.91. The first-order valence-electron chi connectivity index (χ1n) is 7.18. The van der Waals surface area contributed by atoms with E-state index >= 15 is 0 Å². The molecule has 0 radical (unpaired) electrons. The van der Waals surface area contributed by atoms with E-state index in [1.54, 1.807) is 0 Å². The number of rotatable bonds is 3. The number of carbonyl (C=O) groups is 2. The van der Waals surface area contributed by atoms with Gasteiger partial charge in [-0.05, 0) is 48.7 Å². The normalized spacial score (nSPS) is 16.3. The number of nitrogens with zero attached hydrogens (tertiary/aromatic N) is 2. The highest BCUT2D eigenvalue weighted by Gasteiger charge is 2.29. The molecule has 0 atom stereocenters. The van der Waals surface area contributed by atoms with Gasteiger partial charge in [0.05, 0.1) is 13.0 Å². The van der Waals surface area contributed by atoms with Gasteiger partial charge in [-0.1, -0.05) is 0 Å². The Bertz CT molecular complexity index is 531. The molecule has 1 aliphatic heterocycles. The van der Waals surface area contributed by atoms with Gasteiger partial charge in [0, 0.05) is 29.8 Å². The molecule has 1 saturated heterocycles. The predicted molar refractivity (Wildman–Crippen MR) is 83.2 cm³/mol. The van der Waals surface area contributed by atoms with E-state index in [-0.39, 0.29) is 23.8 Å². The molecule has 6 heteroatoms.